The molecular formula is C23H27N3O5S. The van der Waals surface area contributed by atoms with E-state index in [1.165, 1.54) is 17.0 Å². The van der Waals surface area contributed by atoms with Gasteiger partial charge in [0.05, 0.1) is 24.1 Å². The zero-order chi connectivity index (χ0) is 22.7. The van der Waals surface area contributed by atoms with Crippen LogP contribution >= 0.6 is 0 Å². The molecule has 1 aliphatic heterocycles. The fourth-order valence-corrected chi connectivity index (χ4v) is 5.64. The highest BCUT2D eigenvalue weighted by Crippen LogP contribution is 2.26. The number of anilines is 1. The van der Waals surface area contributed by atoms with Gasteiger partial charge in [0.1, 0.15) is 0 Å². The Morgan fingerprint density at radius 2 is 1.66 bits per heavy atom. The molecule has 1 aliphatic carbocycles. The summed E-state index contributed by atoms with van der Waals surface area (Å²) in [4.78, 5) is 26.1. The van der Waals surface area contributed by atoms with E-state index in [9.17, 15) is 18.0 Å². The molecule has 0 saturated carbocycles. The number of aryl methyl sites for hydroxylation is 2. The van der Waals surface area contributed by atoms with Gasteiger partial charge in [-0.2, -0.15) is 4.31 Å². The van der Waals surface area contributed by atoms with E-state index in [0.29, 0.717) is 29.2 Å². The molecule has 0 atom stereocenters. The van der Waals surface area contributed by atoms with Gasteiger partial charge in [0.2, 0.25) is 15.9 Å². The van der Waals surface area contributed by atoms with E-state index in [2.05, 4.69) is 10.1 Å². The number of nitrogens with one attached hydrogen (secondary N) is 1. The van der Waals surface area contributed by atoms with Crippen LogP contribution in [0.5, 0.6) is 0 Å². The summed E-state index contributed by atoms with van der Waals surface area (Å²) in [6, 6.07) is 12.1. The van der Waals surface area contributed by atoms with Gasteiger partial charge in [-0.25, -0.2) is 13.2 Å². The highest BCUT2D eigenvalue weighted by Gasteiger charge is 2.30. The van der Waals surface area contributed by atoms with Crippen LogP contribution < -0.4 is 5.32 Å². The number of sulfonamides is 1. The Hall–Kier alpha value is -2.91. The average Bonchev–Trinajstić information content (AvgIpc) is 3.30. The van der Waals surface area contributed by atoms with Crippen molar-refractivity contribution in [2.45, 2.75) is 24.2 Å². The SMILES string of the molecule is COC(=O)c1ccc(NCC(=O)N2CCN(S(=O)(=O)c3ccc4c(c3)CCC4)CC2)cc1. The van der Waals surface area contributed by atoms with Crippen LogP contribution in [-0.2, 0) is 32.4 Å². The molecule has 0 spiro atoms. The van der Waals surface area contributed by atoms with Crippen molar-refractivity contribution < 1.29 is 22.7 Å². The molecular weight excluding hydrogens is 430 g/mol. The van der Waals surface area contributed by atoms with E-state index in [0.717, 1.165) is 24.8 Å². The van der Waals surface area contributed by atoms with Gasteiger partial charge in [0.15, 0.2) is 0 Å². The fourth-order valence-electron chi connectivity index (χ4n) is 4.17. The topological polar surface area (TPSA) is 96.0 Å². The molecule has 2 aliphatic rings. The van der Waals surface area contributed by atoms with Crippen LogP contribution in [0.2, 0.25) is 0 Å². The van der Waals surface area contributed by atoms with Crippen molar-refractivity contribution in [3.8, 4) is 0 Å². The van der Waals surface area contributed by atoms with Crippen molar-refractivity contribution in [1.29, 1.82) is 0 Å². The first kappa shape index (κ1) is 22.3. The number of hydrogen-bond acceptors (Lipinski definition) is 6. The highest BCUT2D eigenvalue weighted by atomic mass is 32.2. The second-order valence-electron chi connectivity index (χ2n) is 7.99. The van der Waals surface area contributed by atoms with Crippen LogP contribution in [0.3, 0.4) is 0 Å². The summed E-state index contributed by atoms with van der Waals surface area (Å²) in [5.41, 5.74) is 3.52. The third-order valence-electron chi connectivity index (χ3n) is 6.05. The molecule has 1 saturated heterocycles. The third kappa shape index (κ3) is 4.63. The minimum atomic E-state index is -3.56. The molecule has 32 heavy (non-hydrogen) atoms. The lowest BCUT2D eigenvalue weighted by Crippen LogP contribution is -2.51. The molecule has 0 unspecified atom stereocenters. The fraction of sp³-hybridized carbons (Fsp3) is 0.391. The van der Waals surface area contributed by atoms with Crippen molar-refractivity contribution in [3.63, 3.8) is 0 Å². The Bertz CT molecular complexity index is 1110. The summed E-state index contributed by atoms with van der Waals surface area (Å²) in [7, 11) is -2.24. The Labute approximate surface area is 188 Å². The molecule has 1 amide bonds. The van der Waals surface area contributed by atoms with Crippen LogP contribution in [0.1, 0.15) is 27.9 Å². The van der Waals surface area contributed by atoms with E-state index in [-0.39, 0.29) is 25.5 Å². The molecule has 4 rings (SSSR count). The summed E-state index contributed by atoms with van der Waals surface area (Å²) in [5, 5.41) is 3.04. The average molecular weight is 458 g/mol. The number of methoxy groups -OCH3 is 1. The first-order valence-electron chi connectivity index (χ1n) is 10.7. The highest BCUT2D eigenvalue weighted by molar-refractivity contribution is 7.89. The monoisotopic (exact) mass is 457 g/mol. The number of rotatable bonds is 6. The van der Waals surface area contributed by atoms with Crippen LogP contribution in [0, 0.1) is 0 Å². The van der Waals surface area contributed by atoms with Gasteiger partial charge >= 0.3 is 5.97 Å². The van der Waals surface area contributed by atoms with Crippen LogP contribution in [0.25, 0.3) is 0 Å². The van der Waals surface area contributed by atoms with Crippen LogP contribution in [-0.4, -0.2) is 69.3 Å². The van der Waals surface area contributed by atoms with E-state index in [4.69, 9.17) is 0 Å². The molecule has 2 aromatic carbocycles. The number of carbonyl (C=O) groups is 2. The van der Waals surface area contributed by atoms with Crippen molar-refractivity contribution >= 4 is 27.6 Å². The van der Waals surface area contributed by atoms with Gasteiger partial charge in [-0.1, -0.05) is 6.07 Å². The summed E-state index contributed by atoms with van der Waals surface area (Å²) >= 11 is 0. The number of carbonyl (C=O) groups excluding carboxylic acids is 2. The molecule has 1 fully saturated rings. The molecule has 8 nitrogen and oxygen atoms in total. The number of nitrogens with zero attached hydrogens (tertiary/aromatic N) is 2. The first-order chi connectivity index (χ1) is 15.4. The maximum absolute atomic E-state index is 13.0. The number of hydrogen-bond donors (Lipinski definition) is 1. The molecule has 0 radical (unpaired) electrons. The number of piperazine rings is 1. The standard InChI is InChI=1S/C23H27N3O5S/c1-31-23(28)18-5-8-20(9-6-18)24-16-22(27)25-11-13-26(14-12-25)32(29,30)21-10-7-17-3-2-4-19(17)15-21/h5-10,15,24H,2-4,11-14,16H2,1H3. The third-order valence-corrected chi connectivity index (χ3v) is 7.94. The van der Waals surface area contributed by atoms with E-state index < -0.39 is 16.0 Å². The summed E-state index contributed by atoms with van der Waals surface area (Å²) in [5.74, 6) is -0.517. The predicted molar refractivity (Wildman–Crippen MR) is 120 cm³/mol. The zero-order valence-electron chi connectivity index (χ0n) is 18.0. The number of amides is 1. The lowest BCUT2D eigenvalue weighted by atomic mass is 10.1. The second kappa shape index (κ2) is 9.30. The lowest BCUT2D eigenvalue weighted by Gasteiger charge is -2.34. The summed E-state index contributed by atoms with van der Waals surface area (Å²) in [6.45, 7) is 1.35. The van der Waals surface area contributed by atoms with Gasteiger partial charge in [-0.15, -0.1) is 0 Å². The predicted octanol–water partition coefficient (Wildman–Crippen LogP) is 1.91. The van der Waals surface area contributed by atoms with E-state index in [1.54, 1.807) is 35.2 Å². The van der Waals surface area contributed by atoms with E-state index >= 15 is 0 Å². The molecule has 9 heteroatoms. The van der Waals surface area contributed by atoms with Crippen molar-refractivity contribution in [1.82, 2.24) is 9.21 Å². The lowest BCUT2D eigenvalue weighted by molar-refractivity contribution is -0.130. The molecule has 170 valence electrons. The Kier molecular flexibility index (Phi) is 6.48. The Morgan fingerprint density at radius 3 is 2.34 bits per heavy atom. The normalized spacial score (nSPS) is 16.5. The molecule has 1 N–H and O–H groups in total. The van der Waals surface area contributed by atoms with Crippen molar-refractivity contribution in [3.05, 3.63) is 59.2 Å². The second-order valence-corrected chi connectivity index (χ2v) is 9.93. The summed E-state index contributed by atoms with van der Waals surface area (Å²) in [6.07, 6.45) is 3.02. The van der Waals surface area contributed by atoms with E-state index in [1.807, 2.05) is 12.1 Å². The smallest absolute Gasteiger partial charge is 0.337 e. The molecule has 1 heterocycles. The van der Waals surface area contributed by atoms with Gasteiger partial charge in [0.25, 0.3) is 0 Å². The Balaban J connectivity index is 1.30. The van der Waals surface area contributed by atoms with Crippen LogP contribution in [0.15, 0.2) is 47.4 Å². The molecule has 2 aromatic rings. The Morgan fingerprint density at radius 1 is 0.969 bits per heavy atom. The zero-order valence-corrected chi connectivity index (χ0v) is 18.9. The van der Waals surface area contributed by atoms with Crippen molar-refractivity contribution in [2.24, 2.45) is 0 Å². The van der Waals surface area contributed by atoms with Crippen LogP contribution in [0.4, 0.5) is 5.69 Å². The maximum atomic E-state index is 13.0. The van der Waals surface area contributed by atoms with Crippen molar-refractivity contribution in [2.75, 3.05) is 45.2 Å². The largest absolute Gasteiger partial charge is 0.465 e. The van der Waals surface area contributed by atoms with Gasteiger partial charge in [-0.3, -0.25) is 4.79 Å². The number of esters is 1. The van der Waals surface area contributed by atoms with Gasteiger partial charge in [0, 0.05) is 31.9 Å². The maximum Gasteiger partial charge on any atom is 0.337 e. The first-order valence-corrected chi connectivity index (χ1v) is 12.1. The number of ether oxygens (including phenoxy) is 1. The quantitative estimate of drug-likeness (QED) is 0.666. The number of fused-ring (bicyclic) bond motifs is 1. The molecule has 0 aromatic heterocycles. The minimum Gasteiger partial charge on any atom is -0.465 e. The number of benzene rings is 2. The molecule has 0 bridgehead atoms. The van der Waals surface area contributed by atoms with Gasteiger partial charge in [-0.05, 0) is 66.8 Å². The summed E-state index contributed by atoms with van der Waals surface area (Å²) < 4.78 is 32.2. The minimum absolute atomic E-state index is 0.0924. The van der Waals surface area contributed by atoms with Gasteiger partial charge < -0.3 is 15.0 Å².